The van der Waals surface area contributed by atoms with Gasteiger partial charge in [0, 0.05) is 24.1 Å². The molecule has 0 saturated heterocycles. The second-order valence-electron chi connectivity index (χ2n) is 7.69. The van der Waals surface area contributed by atoms with Gasteiger partial charge >= 0.3 is 5.97 Å². The number of amides is 1. The minimum atomic E-state index is -1.35. The summed E-state index contributed by atoms with van der Waals surface area (Å²) in [5.74, 6) is -0.169. The minimum absolute atomic E-state index is 0.179. The van der Waals surface area contributed by atoms with Crippen LogP contribution in [0.15, 0.2) is 54.6 Å². The van der Waals surface area contributed by atoms with Crippen molar-refractivity contribution in [2.75, 3.05) is 13.7 Å². The molecule has 1 aliphatic heterocycles. The summed E-state index contributed by atoms with van der Waals surface area (Å²) in [5.41, 5.74) is 1.97. The number of carboxylic acid groups (broad SMARTS) is 1. The highest BCUT2D eigenvalue weighted by molar-refractivity contribution is 5.94. The Kier molecular flexibility index (Phi) is 6.57. The highest BCUT2D eigenvalue weighted by Gasteiger charge is 2.39. The normalized spacial score (nSPS) is 17.9. The van der Waals surface area contributed by atoms with Crippen LogP contribution in [0.2, 0.25) is 0 Å². The first kappa shape index (κ1) is 21.6. The number of ether oxygens (including phenoxy) is 2. The lowest BCUT2D eigenvalue weighted by Gasteiger charge is -2.22. The smallest absolute Gasteiger partial charge is 0.340 e. The zero-order chi connectivity index (χ0) is 21.7. The van der Waals surface area contributed by atoms with Crippen molar-refractivity contribution in [2.45, 2.75) is 38.3 Å². The van der Waals surface area contributed by atoms with Crippen molar-refractivity contribution in [3.05, 3.63) is 76.9 Å². The number of carbonyl (C=O) groups is 2. The Hall–Kier alpha value is -3.12. The standard InChI is InChI=1S/C24H27NO5/c1-16(2)18-6-8-19(9-7-18)22(26)25-15-20-13-17(5-10-21(20)29-3)14-24(23(27)28)11-4-12-30-24/h4-11,13,16H,12,14-15H2,1-3H3,(H,25,26)(H,27,28). The van der Waals surface area contributed by atoms with Crippen LogP contribution < -0.4 is 10.1 Å². The van der Waals surface area contributed by atoms with Crippen molar-refractivity contribution in [1.29, 1.82) is 0 Å². The highest BCUT2D eigenvalue weighted by Crippen LogP contribution is 2.28. The molecule has 2 N–H and O–H groups in total. The fraction of sp³-hybridized carbons (Fsp3) is 0.333. The van der Waals surface area contributed by atoms with Gasteiger partial charge in [0.05, 0.1) is 13.7 Å². The van der Waals surface area contributed by atoms with Crippen LogP contribution in [-0.4, -0.2) is 36.3 Å². The predicted octanol–water partition coefficient (Wildman–Crippen LogP) is 3.70. The maximum absolute atomic E-state index is 12.5. The first-order valence-corrected chi connectivity index (χ1v) is 9.93. The number of hydrogen-bond donors (Lipinski definition) is 2. The van der Waals surface area contributed by atoms with Crippen LogP contribution in [0.3, 0.4) is 0 Å². The van der Waals surface area contributed by atoms with E-state index in [1.54, 1.807) is 25.3 Å². The van der Waals surface area contributed by atoms with E-state index < -0.39 is 11.6 Å². The van der Waals surface area contributed by atoms with Gasteiger partial charge in [0.1, 0.15) is 5.75 Å². The van der Waals surface area contributed by atoms with Crippen molar-refractivity contribution >= 4 is 11.9 Å². The average Bonchev–Trinajstić information content (AvgIpc) is 3.22. The van der Waals surface area contributed by atoms with Crippen LogP contribution >= 0.6 is 0 Å². The molecule has 3 rings (SSSR count). The summed E-state index contributed by atoms with van der Waals surface area (Å²) >= 11 is 0. The van der Waals surface area contributed by atoms with E-state index in [1.165, 1.54) is 5.56 Å². The minimum Gasteiger partial charge on any atom is -0.496 e. The van der Waals surface area contributed by atoms with Crippen LogP contribution in [-0.2, 0) is 22.5 Å². The molecular formula is C24H27NO5. The van der Waals surface area contributed by atoms with Gasteiger partial charge in [-0.25, -0.2) is 4.79 Å². The van der Waals surface area contributed by atoms with E-state index in [4.69, 9.17) is 9.47 Å². The largest absolute Gasteiger partial charge is 0.496 e. The molecule has 1 amide bonds. The zero-order valence-electron chi connectivity index (χ0n) is 17.5. The number of benzene rings is 2. The first-order chi connectivity index (χ1) is 14.3. The van der Waals surface area contributed by atoms with E-state index in [1.807, 2.05) is 36.4 Å². The van der Waals surface area contributed by atoms with Crippen LogP contribution in [0.5, 0.6) is 5.75 Å². The van der Waals surface area contributed by atoms with Crippen LogP contribution in [0.25, 0.3) is 0 Å². The molecule has 0 aromatic heterocycles. The molecule has 1 atom stereocenters. The van der Waals surface area contributed by atoms with Crippen molar-refractivity contribution in [2.24, 2.45) is 0 Å². The van der Waals surface area contributed by atoms with Crippen LogP contribution in [0, 0.1) is 0 Å². The molecule has 0 saturated carbocycles. The van der Waals surface area contributed by atoms with Gasteiger partial charge in [-0.3, -0.25) is 4.79 Å². The van der Waals surface area contributed by atoms with E-state index in [2.05, 4.69) is 19.2 Å². The molecule has 2 aromatic carbocycles. The van der Waals surface area contributed by atoms with Gasteiger partial charge in [-0.2, -0.15) is 0 Å². The maximum atomic E-state index is 12.5. The number of aliphatic carboxylic acids is 1. The molecular weight excluding hydrogens is 382 g/mol. The molecule has 0 spiro atoms. The van der Waals surface area contributed by atoms with E-state index in [-0.39, 0.29) is 25.5 Å². The van der Waals surface area contributed by atoms with Gasteiger partial charge in [0.15, 0.2) is 5.60 Å². The third-order valence-corrected chi connectivity index (χ3v) is 5.28. The van der Waals surface area contributed by atoms with E-state index >= 15 is 0 Å². The molecule has 6 nitrogen and oxygen atoms in total. The molecule has 2 aromatic rings. The Labute approximate surface area is 176 Å². The Morgan fingerprint density at radius 3 is 2.50 bits per heavy atom. The number of rotatable bonds is 8. The van der Waals surface area contributed by atoms with Gasteiger partial charge < -0.3 is 19.9 Å². The van der Waals surface area contributed by atoms with Crippen LogP contribution in [0.4, 0.5) is 0 Å². The Bertz CT molecular complexity index is 949. The lowest BCUT2D eigenvalue weighted by Crippen LogP contribution is -2.39. The molecule has 0 fully saturated rings. The topological polar surface area (TPSA) is 84.9 Å². The molecule has 1 heterocycles. The highest BCUT2D eigenvalue weighted by atomic mass is 16.5. The van der Waals surface area contributed by atoms with Crippen molar-refractivity contribution in [1.82, 2.24) is 5.32 Å². The molecule has 6 heteroatoms. The van der Waals surface area contributed by atoms with E-state index in [0.29, 0.717) is 17.2 Å². The summed E-state index contributed by atoms with van der Waals surface area (Å²) < 4.78 is 10.9. The third-order valence-electron chi connectivity index (χ3n) is 5.28. The number of carbonyl (C=O) groups excluding carboxylic acids is 1. The molecule has 0 aliphatic carbocycles. The Morgan fingerprint density at radius 2 is 1.93 bits per heavy atom. The van der Waals surface area contributed by atoms with E-state index in [9.17, 15) is 14.7 Å². The van der Waals surface area contributed by atoms with Crippen molar-refractivity contribution in [3.8, 4) is 5.75 Å². The second kappa shape index (κ2) is 9.13. The van der Waals surface area contributed by atoms with Gasteiger partial charge in [0.25, 0.3) is 5.91 Å². The first-order valence-electron chi connectivity index (χ1n) is 9.93. The summed E-state index contributed by atoms with van der Waals surface area (Å²) in [4.78, 5) is 24.3. The second-order valence-corrected chi connectivity index (χ2v) is 7.69. The molecule has 0 bridgehead atoms. The van der Waals surface area contributed by atoms with Gasteiger partial charge in [-0.15, -0.1) is 0 Å². The molecule has 1 unspecified atom stereocenters. The average molecular weight is 409 g/mol. The number of methoxy groups -OCH3 is 1. The molecule has 1 aliphatic rings. The van der Waals surface area contributed by atoms with Crippen molar-refractivity contribution in [3.63, 3.8) is 0 Å². The number of carboxylic acids is 1. The molecule has 0 radical (unpaired) electrons. The number of hydrogen-bond acceptors (Lipinski definition) is 4. The Morgan fingerprint density at radius 1 is 1.20 bits per heavy atom. The summed E-state index contributed by atoms with van der Waals surface area (Å²) in [6, 6.07) is 13.0. The summed E-state index contributed by atoms with van der Waals surface area (Å²) in [7, 11) is 1.56. The summed E-state index contributed by atoms with van der Waals surface area (Å²) in [6.45, 7) is 4.75. The van der Waals surface area contributed by atoms with Crippen LogP contribution in [0.1, 0.15) is 46.8 Å². The number of nitrogens with one attached hydrogen (secondary N) is 1. The van der Waals surface area contributed by atoms with Gasteiger partial charge in [-0.1, -0.05) is 44.2 Å². The zero-order valence-corrected chi connectivity index (χ0v) is 17.5. The lowest BCUT2D eigenvalue weighted by atomic mass is 9.93. The fourth-order valence-electron chi connectivity index (χ4n) is 3.48. The lowest BCUT2D eigenvalue weighted by molar-refractivity contribution is -0.156. The quantitative estimate of drug-likeness (QED) is 0.650. The summed E-state index contributed by atoms with van der Waals surface area (Å²) in [6.07, 6.45) is 3.49. The van der Waals surface area contributed by atoms with Gasteiger partial charge in [0.2, 0.25) is 0 Å². The third kappa shape index (κ3) is 4.71. The predicted molar refractivity (Wildman–Crippen MR) is 114 cm³/mol. The van der Waals surface area contributed by atoms with Gasteiger partial charge in [-0.05, 0) is 41.3 Å². The monoisotopic (exact) mass is 409 g/mol. The maximum Gasteiger partial charge on any atom is 0.340 e. The summed E-state index contributed by atoms with van der Waals surface area (Å²) in [5, 5.41) is 12.5. The van der Waals surface area contributed by atoms with E-state index in [0.717, 1.165) is 11.1 Å². The molecule has 30 heavy (non-hydrogen) atoms. The SMILES string of the molecule is COc1ccc(CC2(C(=O)O)C=CCO2)cc1CNC(=O)c1ccc(C(C)C)cc1. The Balaban J connectivity index is 1.73. The fourth-order valence-corrected chi connectivity index (χ4v) is 3.48. The molecule has 158 valence electrons. The van der Waals surface area contributed by atoms with Crippen molar-refractivity contribution < 1.29 is 24.2 Å².